The molecule has 0 saturated heterocycles. The van der Waals surface area contributed by atoms with Gasteiger partial charge in [0.25, 0.3) is 0 Å². The molecule has 4 rings (SSSR count). The Hall–Kier alpha value is -2.16. The summed E-state index contributed by atoms with van der Waals surface area (Å²) in [6, 6.07) is 33.8. The summed E-state index contributed by atoms with van der Waals surface area (Å²) >= 11 is 13.2. The lowest BCUT2D eigenvalue weighted by atomic mass is 10.0. The molecule has 0 spiro atoms. The molecule has 0 bridgehead atoms. The Bertz CT molecular complexity index is 1450. The van der Waals surface area contributed by atoms with E-state index in [1.54, 1.807) is 0 Å². The molecular formula is C34H40Cl2O2SSi2. The van der Waals surface area contributed by atoms with Gasteiger partial charge in [-0.05, 0) is 83.3 Å². The van der Waals surface area contributed by atoms with Gasteiger partial charge in [0.15, 0.2) is 14.8 Å². The van der Waals surface area contributed by atoms with Gasteiger partial charge in [-0.2, -0.15) is 22.2 Å². The van der Waals surface area contributed by atoms with Crippen LogP contribution in [0.15, 0.2) is 107 Å². The van der Waals surface area contributed by atoms with Crippen molar-refractivity contribution in [2.24, 2.45) is 0 Å². The lowest BCUT2D eigenvalue weighted by molar-refractivity contribution is 0.594. The molecule has 0 aliphatic rings. The lowest BCUT2D eigenvalue weighted by Gasteiger charge is -2.18. The summed E-state index contributed by atoms with van der Waals surface area (Å²) in [5, 5.41) is 0. The second-order valence-corrected chi connectivity index (χ2v) is 28.1. The highest BCUT2D eigenvalue weighted by Gasteiger charge is 2.26. The number of hydrogen-bond donors (Lipinski definition) is 0. The van der Waals surface area contributed by atoms with E-state index in [4.69, 9.17) is 22.2 Å². The number of hydrogen-bond acceptors (Lipinski definition) is 2. The molecule has 0 aliphatic carbocycles. The second kappa shape index (κ2) is 13.4. The molecule has 41 heavy (non-hydrogen) atoms. The predicted octanol–water partition coefficient (Wildman–Crippen LogP) is 9.67. The largest absolute Gasteiger partial charge is 0.218 e. The second-order valence-electron chi connectivity index (χ2n) is 12.1. The molecule has 0 aliphatic heterocycles. The predicted molar refractivity (Wildman–Crippen MR) is 181 cm³/mol. The number of halogens is 2. The third-order valence-corrected chi connectivity index (χ3v) is 13.3. The van der Waals surface area contributed by atoms with Gasteiger partial charge in [-0.15, -0.1) is 0 Å². The highest BCUT2D eigenvalue weighted by atomic mass is 35.6. The molecule has 0 radical (unpaired) electrons. The van der Waals surface area contributed by atoms with E-state index in [2.05, 4.69) is 62.6 Å². The molecule has 0 atom stereocenters. The van der Waals surface area contributed by atoms with E-state index in [-0.39, 0.29) is 0 Å². The summed E-state index contributed by atoms with van der Waals surface area (Å²) in [4.78, 5) is 0.757. The van der Waals surface area contributed by atoms with Crippen molar-refractivity contribution in [2.45, 2.75) is 73.8 Å². The van der Waals surface area contributed by atoms with E-state index in [9.17, 15) is 8.42 Å². The molecule has 7 heteroatoms. The number of benzene rings is 4. The van der Waals surface area contributed by atoms with Crippen LogP contribution in [0.25, 0.3) is 0 Å². The normalized spacial score (nSPS) is 12.4. The first kappa shape index (κ1) is 31.8. The lowest BCUT2D eigenvalue weighted by Crippen LogP contribution is -2.17. The Kier molecular flexibility index (Phi) is 10.4. The van der Waals surface area contributed by atoms with Crippen molar-refractivity contribution in [3.63, 3.8) is 0 Å². The van der Waals surface area contributed by atoms with Gasteiger partial charge in [-0.1, -0.05) is 111 Å². The molecule has 0 aromatic heterocycles. The fraction of sp³-hybridized carbons (Fsp3) is 0.294. The fourth-order valence-corrected chi connectivity index (χ4v) is 9.03. The molecule has 0 saturated carbocycles. The van der Waals surface area contributed by atoms with Crippen LogP contribution < -0.4 is 0 Å². The topological polar surface area (TPSA) is 34.1 Å². The van der Waals surface area contributed by atoms with Crippen molar-refractivity contribution in [3.8, 4) is 0 Å². The molecule has 0 amide bonds. The van der Waals surface area contributed by atoms with Crippen molar-refractivity contribution in [2.75, 3.05) is 0 Å². The quantitative estimate of drug-likeness (QED) is 0.114. The first-order valence-corrected chi connectivity index (χ1v) is 24.2. The molecule has 2 nitrogen and oxygen atoms in total. The molecule has 4 aromatic rings. The molecule has 216 valence electrons. The van der Waals surface area contributed by atoms with Gasteiger partial charge in [0.2, 0.25) is 9.84 Å². The maximum Gasteiger partial charge on any atom is 0.207 e. The minimum Gasteiger partial charge on any atom is -0.218 e. The smallest absolute Gasteiger partial charge is 0.207 e. The molecule has 0 N–H and O–H groups in total. The van der Waals surface area contributed by atoms with Gasteiger partial charge in [0, 0.05) is 0 Å². The number of sulfone groups is 1. The van der Waals surface area contributed by atoms with Crippen LogP contribution in [0.1, 0.15) is 33.4 Å². The summed E-state index contributed by atoms with van der Waals surface area (Å²) in [6.45, 7) is 8.58. The Morgan fingerprint density at radius 3 is 1.24 bits per heavy atom. The minimum atomic E-state index is -3.80. The third-order valence-electron chi connectivity index (χ3n) is 7.32. The average molecular weight is 640 g/mol. The van der Waals surface area contributed by atoms with Crippen LogP contribution in [-0.2, 0) is 35.5 Å². The van der Waals surface area contributed by atoms with Crippen molar-refractivity contribution < 1.29 is 8.42 Å². The number of rotatable bonds is 12. The van der Waals surface area contributed by atoms with Crippen molar-refractivity contribution >= 4 is 46.8 Å². The average Bonchev–Trinajstić information content (AvgIpc) is 2.91. The maximum absolute atomic E-state index is 14.5. The van der Waals surface area contributed by atoms with Crippen molar-refractivity contribution in [1.82, 2.24) is 0 Å². The molecule has 0 heterocycles. The first-order chi connectivity index (χ1) is 19.3. The summed E-state index contributed by atoms with van der Waals surface area (Å²) in [5.74, 6) is 0. The van der Waals surface area contributed by atoms with Gasteiger partial charge in [-0.3, -0.25) is 0 Å². The Labute approximate surface area is 258 Å². The summed E-state index contributed by atoms with van der Waals surface area (Å²) in [6.07, 6.45) is 2.79. The molecule has 4 aromatic carbocycles. The number of aryl methyl sites for hydroxylation is 2. The first-order valence-electron chi connectivity index (χ1n) is 14.2. The summed E-state index contributed by atoms with van der Waals surface area (Å²) in [5.41, 5.74) is 6.08. The van der Waals surface area contributed by atoms with Crippen LogP contribution in [0.5, 0.6) is 0 Å². The van der Waals surface area contributed by atoms with Gasteiger partial charge < -0.3 is 0 Å². The van der Waals surface area contributed by atoms with Crippen LogP contribution >= 0.6 is 22.2 Å². The van der Waals surface area contributed by atoms with Crippen molar-refractivity contribution in [3.05, 3.63) is 130 Å². The fourth-order valence-electron chi connectivity index (χ4n) is 5.01. The van der Waals surface area contributed by atoms with Crippen molar-refractivity contribution in [1.29, 1.82) is 0 Å². The summed E-state index contributed by atoms with van der Waals surface area (Å²) < 4.78 is 29.0. The van der Waals surface area contributed by atoms with Gasteiger partial charge in [-0.25, -0.2) is 8.42 Å². The van der Waals surface area contributed by atoms with Crippen LogP contribution in [0.3, 0.4) is 0 Å². The van der Waals surface area contributed by atoms with Gasteiger partial charge >= 0.3 is 0 Å². The van der Waals surface area contributed by atoms with E-state index in [1.165, 1.54) is 0 Å². The SMILES string of the molecule is C[Si](C)(Cl)CCc1ccc(S(=O)(=O)c2ccc(CC[Si](C)(C)Cl)cc2Cc2ccccc2)c(Cc2ccccc2)c1. The van der Waals surface area contributed by atoms with Crippen LogP contribution in [-0.4, -0.2) is 23.2 Å². The van der Waals surface area contributed by atoms with Gasteiger partial charge in [0.1, 0.15) is 0 Å². The highest BCUT2D eigenvalue weighted by Crippen LogP contribution is 2.32. The molecular weight excluding hydrogens is 600 g/mol. The highest BCUT2D eigenvalue weighted by molar-refractivity contribution is 7.91. The Morgan fingerprint density at radius 2 is 0.902 bits per heavy atom. The zero-order chi connectivity index (χ0) is 29.7. The van der Waals surface area contributed by atoms with E-state index in [0.29, 0.717) is 22.6 Å². The standard InChI is InChI=1S/C34H40Cl2O2SSi2/c1-40(2,35)21-19-29-15-17-33(31(25-29)23-27-11-7-5-8-12-27)39(37,38)34-18-16-30(20-22-41(3,4)36)26-32(34)24-28-13-9-6-10-14-28/h5-18,25-26H,19-24H2,1-4H3. The van der Waals surface area contributed by atoms with Crippen LogP contribution in [0.2, 0.25) is 38.3 Å². The van der Waals surface area contributed by atoms with E-state index in [1.807, 2.05) is 60.7 Å². The Balaban J connectivity index is 1.79. The van der Waals surface area contributed by atoms with E-state index < -0.39 is 24.6 Å². The molecule has 0 unspecified atom stereocenters. The Morgan fingerprint density at radius 1 is 0.537 bits per heavy atom. The van der Waals surface area contributed by atoms with Crippen LogP contribution in [0, 0.1) is 0 Å². The zero-order valence-electron chi connectivity index (χ0n) is 24.5. The van der Waals surface area contributed by atoms with Crippen LogP contribution in [0.4, 0.5) is 0 Å². The monoisotopic (exact) mass is 638 g/mol. The van der Waals surface area contributed by atoms with Gasteiger partial charge in [0.05, 0.1) is 9.79 Å². The zero-order valence-corrected chi connectivity index (χ0v) is 28.8. The maximum atomic E-state index is 14.5. The van der Waals surface area contributed by atoms with E-state index >= 15 is 0 Å². The van der Waals surface area contributed by atoms with E-state index in [0.717, 1.165) is 58.3 Å². The third kappa shape index (κ3) is 9.42. The molecule has 0 fully saturated rings. The minimum absolute atomic E-state index is 0.379. The summed E-state index contributed by atoms with van der Waals surface area (Å²) in [7, 11) is -7.31.